The maximum Gasteiger partial charge on any atom is 0.166 e. The predicted molar refractivity (Wildman–Crippen MR) is 63.9 cm³/mol. The highest BCUT2D eigenvalue weighted by Crippen LogP contribution is 2.26. The van der Waals surface area contributed by atoms with Crippen LogP contribution >= 0.6 is 0 Å². The molecule has 1 N–H and O–H groups in total. The maximum atomic E-state index is 8.90. The highest BCUT2D eigenvalue weighted by Gasteiger charge is 2.22. The molecule has 0 spiro atoms. The lowest BCUT2D eigenvalue weighted by atomic mass is 9.81. The molecule has 0 aliphatic rings. The summed E-state index contributed by atoms with van der Waals surface area (Å²) in [4.78, 5) is 0. The second-order valence-corrected chi connectivity index (χ2v) is 4.90. The van der Waals surface area contributed by atoms with Crippen molar-refractivity contribution in [1.29, 1.82) is 5.26 Å². The maximum absolute atomic E-state index is 8.90. The van der Waals surface area contributed by atoms with Crippen molar-refractivity contribution in [2.45, 2.75) is 27.7 Å². The molecule has 0 radical (unpaired) electrons. The highest BCUT2D eigenvalue weighted by atomic mass is 15.2. The fourth-order valence-electron chi connectivity index (χ4n) is 1.07. The summed E-state index contributed by atoms with van der Waals surface area (Å²) < 4.78 is 0. The van der Waals surface area contributed by atoms with Crippen LogP contribution in [0.4, 0.5) is 5.82 Å². The molecule has 0 fully saturated rings. The predicted octanol–water partition coefficient (Wildman–Crippen LogP) is 2.44. The monoisotopic (exact) mass is 218 g/mol. The molecule has 0 saturated heterocycles. The van der Waals surface area contributed by atoms with Gasteiger partial charge in [0, 0.05) is 6.54 Å². The first kappa shape index (κ1) is 12.4. The van der Waals surface area contributed by atoms with Crippen LogP contribution in [0.3, 0.4) is 0 Å². The van der Waals surface area contributed by atoms with E-state index in [9.17, 15) is 0 Å². The number of hydrogen-bond acceptors (Lipinski definition) is 4. The van der Waals surface area contributed by atoms with Crippen LogP contribution in [0.2, 0.25) is 0 Å². The van der Waals surface area contributed by atoms with E-state index >= 15 is 0 Å². The van der Waals surface area contributed by atoms with Gasteiger partial charge in [-0.15, -0.1) is 5.10 Å². The van der Waals surface area contributed by atoms with Gasteiger partial charge in [0.1, 0.15) is 6.07 Å². The lowest BCUT2D eigenvalue weighted by Gasteiger charge is -2.29. The number of aromatic nitrogens is 2. The standard InChI is InChI=1S/C12H18N4/c1-9(2)12(3,4)8-14-11-10(7-13)5-6-15-16-11/h5-6,9H,8H2,1-4H3,(H,14,16). The van der Waals surface area contributed by atoms with Crippen molar-refractivity contribution in [2.75, 3.05) is 11.9 Å². The third-order valence-corrected chi connectivity index (χ3v) is 3.12. The van der Waals surface area contributed by atoms with Crippen LogP contribution in [0.15, 0.2) is 12.3 Å². The van der Waals surface area contributed by atoms with Crippen LogP contribution in [-0.4, -0.2) is 16.7 Å². The molecule has 0 saturated carbocycles. The minimum absolute atomic E-state index is 0.157. The summed E-state index contributed by atoms with van der Waals surface area (Å²) in [6.07, 6.45) is 1.53. The SMILES string of the molecule is CC(C)C(C)(C)CNc1nnccc1C#N. The lowest BCUT2D eigenvalue weighted by Crippen LogP contribution is -2.29. The Morgan fingerprint density at radius 2 is 2.19 bits per heavy atom. The van der Waals surface area contributed by atoms with E-state index in [1.165, 1.54) is 6.20 Å². The number of anilines is 1. The van der Waals surface area contributed by atoms with Gasteiger partial charge in [-0.05, 0) is 17.4 Å². The Labute approximate surface area is 96.7 Å². The number of nitrogens with zero attached hydrogens (tertiary/aromatic N) is 3. The van der Waals surface area contributed by atoms with Crippen LogP contribution in [0.1, 0.15) is 33.3 Å². The van der Waals surface area contributed by atoms with Gasteiger partial charge < -0.3 is 5.32 Å². The Morgan fingerprint density at radius 3 is 2.75 bits per heavy atom. The van der Waals surface area contributed by atoms with E-state index in [-0.39, 0.29) is 5.41 Å². The third-order valence-electron chi connectivity index (χ3n) is 3.12. The molecule has 0 unspecified atom stereocenters. The highest BCUT2D eigenvalue weighted by molar-refractivity contribution is 5.50. The van der Waals surface area contributed by atoms with E-state index in [2.05, 4.69) is 49.3 Å². The van der Waals surface area contributed by atoms with Crippen molar-refractivity contribution < 1.29 is 0 Å². The van der Waals surface area contributed by atoms with Gasteiger partial charge in [-0.3, -0.25) is 0 Å². The second-order valence-electron chi connectivity index (χ2n) is 4.90. The van der Waals surface area contributed by atoms with Crippen molar-refractivity contribution in [3.05, 3.63) is 17.8 Å². The number of rotatable bonds is 4. The summed E-state index contributed by atoms with van der Waals surface area (Å²) in [7, 11) is 0. The zero-order valence-corrected chi connectivity index (χ0v) is 10.3. The second kappa shape index (κ2) is 4.93. The Balaban J connectivity index is 2.72. The first-order valence-electron chi connectivity index (χ1n) is 5.43. The summed E-state index contributed by atoms with van der Waals surface area (Å²) in [5.74, 6) is 1.13. The molecule has 1 rings (SSSR count). The van der Waals surface area contributed by atoms with Gasteiger partial charge in [0.25, 0.3) is 0 Å². The number of nitriles is 1. The van der Waals surface area contributed by atoms with E-state index < -0.39 is 0 Å². The topological polar surface area (TPSA) is 61.6 Å². The zero-order chi connectivity index (χ0) is 12.2. The average Bonchev–Trinajstić information content (AvgIpc) is 2.26. The van der Waals surface area contributed by atoms with Crippen LogP contribution in [0.25, 0.3) is 0 Å². The molecule has 0 bridgehead atoms. The Hall–Kier alpha value is -1.63. The molecule has 1 aromatic rings. The smallest absolute Gasteiger partial charge is 0.166 e. The normalized spacial score (nSPS) is 11.2. The molecule has 0 amide bonds. The third kappa shape index (κ3) is 2.93. The molecule has 86 valence electrons. The average molecular weight is 218 g/mol. The summed E-state index contributed by atoms with van der Waals surface area (Å²) in [5.41, 5.74) is 0.694. The molecule has 0 aliphatic heterocycles. The van der Waals surface area contributed by atoms with Crippen molar-refractivity contribution in [2.24, 2.45) is 11.3 Å². The van der Waals surface area contributed by atoms with Crippen LogP contribution in [0, 0.1) is 22.7 Å². The molecule has 1 aromatic heterocycles. The molecule has 4 heteroatoms. The van der Waals surface area contributed by atoms with E-state index in [1.807, 2.05) is 0 Å². The molecular weight excluding hydrogens is 200 g/mol. The quantitative estimate of drug-likeness (QED) is 0.843. The van der Waals surface area contributed by atoms with E-state index in [4.69, 9.17) is 5.26 Å². The van der Waals surface area contributed by atoms with Crippen LogP contribution in [0.5, 0.6) is 0 Å². The molecule has 1 heterocycles. The number of hydrogen-bond donors (Lipinski definition) is 1. The minimum Gasteiger partial charge on any atom is -0.367 e. The Kier molecular flexibility index (Phi) is 3.83. The largest absolute Gasteiger partial charge is 0.367 e. The van der Waals surface area contributed by atoms with Gasteiger partial charge in [-0.25, -0.2) is 0 Å². The van der Waals surface area contributed by atoms with Crippen molar-refractivity contribution in [1.82, 2.24) is 10.2 Å². The fraction of sp³-hybridized carbons (Fsp3) is 0.583. The summed E-state index contributed by atoms with van der Waals surface area (Å²) in [6.45, 7) is 9.52. The molecule has 16 heavy (non-hydrogen) atoms. The van der Waals surface area contributed by atoms with Crippen molar-refractivity contribution >= 4 is 5.82 Å². The summed E-state index contributed by atoms with van der Waals surface area (Å²) in [6, 6.07) is 3.76. The Bertz CT molecular complexity index is 390. The molecule has 0 aromatic carbocycles. The van der Waals surface area contributed by atoms with Gasteiger partial charge in [0.05, 0.1) is 11.8 Å². The van der Waals surface area contributed by atoms with Crippen LogP contribution < -0.4 is 5.32 Å². The van der Waals surface area contributed by atoms with E-state index in [1.54, 1.807) is 6.07 Å². The van der Waals surface area contributed by atoms with Crippen molar-refractivity contribution in [3.8, 4) is 6.07 Å². The van der Waals surface area contributed by atoms with Crippen LogP contribution in [-0.2, 0) is 0 Å². The van der Waals surface area contributed by atoms with E-state index in [0.29, 0.717) is 17.3 Å². The molecule has 4 nitrogen and oxygen atoms in total. The van der Waals surface area contributed by atoms with Crippen molar-refractivity contribution in [3.63, 3.8) is 0 Å². The summed E-state index contributed by atoms with van der Waals surface area (Å²) in [5, 5.41) is 19.8. The Morgan fingerprint density at radius 1 is 1.50 bits per heavy atom. The lowest BCUT2D eigenvalue weighted by molar-refractivity contribution is 0.269. The molecular formula is C12H18N4. The summed E-state index contributed by atoms with van der Waals surface area (Å²) >= 11 is 0. The first-order valence-corrected chi connectivity index (χ1v) is 5.43. The molecule has 0 aliphatic carbocycles. The molecule has 0 atom stereocenters. The van der Waals surface area contributed by atoms with Gasteiger partial charge in [0.15, 0.2) is 5.82 Å². The zero-order valence-electron chi connectivity index (χ0n) is 10.3. The van der Waals surface area contributed by atoms with Gasteiger partial charge in [-0.2, -0.15) is 10.4 Å². The fourth-order valence-corrected chi connectivity index (χ4v) is 1.07. The van der Waals surface area contributed by atoms with Gasteiger partial charge >= 0.3 is 0 Å². The van der Waals surface area contributed by atoms with Gasteiger partial charge in [-0.1, -0.05) is 27.7 Å². The van der Waals surface area contributed by atoms with Gasteiger partial charge in [0.2, 0.25) is 0 Å². The minimum atomic E-state index is 0.157. The number of nitrogens with one attached hydrogen (secondary N) is 1. The van der Waals surface area contributed by atoms with E-state index in [0.717, 1.165) is 6.54 Å². The first-order chi connectivity index (χ1) is 7.47.